The number of ether oxygens (including phenoxy) is 1. The number of carboxylic acids is 1. The maximum atomic E-state index is 12.2. The zero-order valence-corrected chi connectivity index (χ0v) is 14.9. The number of fused-ring (bicyclic) bond motifs is 1. The first-order valence-corrected chi connectivity index (χ1v) is 8.39. The molecule has 9 heteroatoms. The molecule has 0 radical (unpaired) electrons. The van der Waals surface area contributed by atoms with Gasteiger partial charge in [-0.25, -0.2) is 9.78 Å². The third kappa shape index (κ3) is 4.23. The van der Waals surface area contributed by atoms with E-state index in [0.717, 1.165) is 0 Å². The summed E-state index contributed by atoms with van der Waals surface area (Å²) in [7, 11) is 0. The van der Waals surface area contributed by atoms with Gasteiger partial charge in [0.2, 0.25) is 0 Å². The Morgan fingerprint density at radius 3 is 2.52 bits per heavy atom. The van der Waals surface area contributed by atoms with Crippen LogP contribution in [0.5, 0.6) is 17.2 Å². The summed E-state index contributed by atoms with van der Waals surface area (Å²) < 4.78 is 5.71. The smallest absolute Gasteiger partial charge is 0.334 e. The molecule has 3 aromatic rings. The number of rotatable bonds is 6. The lowest BCUT2D eigenvalue weighted by molar-refractivity contribution is -0.146. The topological polar surface area (TPSA) is 153 Å². The molecule has 1 atom stereocenters. The van der Waals surface area contributed by atoms with Crippen molar-refractivity contribution in [1.29, 1.82) is 5.26 Å². The van der Waals surface area contributed by atoms with Gasteiger partial charge in [-0.15, -0.1) is 0 Å². The number of carbonyl (C=O) groups is 2. The van der Waals surface area contributed by atoms with Crippen molar-refractivity contribution in [3.05, 3.63) is 59.9 Å². The van der Waals surface area contributed by atoms with Crippen LogP contribution in [0.4, 0.5) is 0 Å². The summed E-state index contributed by atoms with van der Waals surface area (Å²) in [4.78, 5) is 26.8. The highest BCUT2D eigenvalue weighted by Crippen LogP contribution is 2.33. The maximum absolute atomic E-state index is 12.2. The van der Waals surface area contributed by atoms with Crippen molar-refractivity contribution in [3.8, 4) is 23.3 Å². The Morgan fingerprint density at radius 2 is 1.86 bits per heavy atom. The Hall–Kier alpha value is -4.16. The minimum atomic E-state index is -1.81. The van der Waals surface area contributed by atoms with E-state index < -0.39 is 36.0 Å². The molecule has 0 saturated carbocycles. The first kappa shape index (κ1) is 19.6. The third-order valence-electron chi connectivity index (χ3n) is 3.99. The van der Waals surface area contributed by atoms with Crippen molar-refractivity contribution in [2.24, 2.45) is 0 Å². The molecule has 0 fully saturated rings. The van der Waals surface area contributed by atoms with E-state index in [4.69, 9.17) is 9.84 Å². The van der Waals surface area contributed by atoms with E-state index in [1.54, 1.807) is 30.3 Å². The van der Waals surface area contributed by atoms with Crippen LogP contribution in [-0.4, -0.2) is 44.8 Å². The van der Waals surface area contributed by atoms with E-state index in [-0.39, 0.29) is 16.5 Å². The molecule has 1 amide bonds. The Labute approximate surface area is 164 Å². The minimum Gasteiger partial charge on any atom is -0.505 e. The van der Waals surface area contributed by atoms with Crippen LogP contribution in [-0.2, 0) is 4.79 Å². The number of hydrogen-bond donors (Lipinski definition) is 4. The molecule has 1 aromatic heterocycles. The molecule has 146 valence electrons. The van der Waals surface area contributed by atoms with Crippen LogP contribution in [0.1, 0.15) is 16.2 Å². The highest BCUT2D eigenvalue weighted by atomic mass is 16.5. The number of carboxylic acid groups (broad SMARTS) is 1. The lowest BCUT2D eigenvalue weighted by atomic mass is 10.1. The summed E-state index contributed by atoms with van der Waals surface area (Å²) in [5.41, 5.74) is -0.580. The van der Waals surface area contributed by atoms with Crippen LogP contribution >= 0.6 is 0 Å². The van der Waals surface area contributed by atoms with Gasteiger partial charge in [0.15, 0.2) is 17.5 Å². The van der Waals surface area contributed by atoms with Crippen molar-refractivity contribution >= 4 is 22.6 Å². The van der Waals surface area contributed by atoms with Gasteiger partial charge in [-0.3, -0.25) is 4.79 Å². The van der Waals surface area contributed by atoms with Crippen LogP contribution < -0.4 is 10.1 Å². The average molecular weight is 393 g/mol. The molecule has 2 aromatic carbocycles. The monoisotopic (exact) mass is 393 g/mol. The molecular formula is C20H15N3O6. The van der Waals surface area contributed by atoms with Gasteiger partial charge in [0, 0.05) is 10.8 Å². The Balaban J connectivity index is 1.95. The fourth-order valence-electron chi connectivity index (χ4n) is 2.57. The number of carbonyl (C=O) groups excluding carboxylic acids is 1. The van der Waals surface area contributed by atoms with Crippen molar-refractivity contribution in [2.75, 3.05) is 6.54 Å². The molecule has 0 aliphatic heterocycles. The van der Waals surface area contributed by atoms with Gasteiger partial charge in [-0.05, 0) is 30.3 Å². The second-order valence-corrected chi connectivity index (χ2v) is 5.96. The van der Waals surface area contributed by atoms with Gasteiger partial charge in [0.25, 0.3) is 5.91 Å². The predicted molar refractivity (Wildman–Crippen MR) is 101 cm³/mol. The first-order chi connectivity index (χ1) is 13.9. The first-order valence-electron chi connectivity index (χ1n) is 8.39. The average Bonchev–Trinajstić information content (AvgIpc) is 2.72. The number of benzene rings is 2. The number of aliphatic hydroxyl groups excluding tert-OH is 1. The van der Waals surface area contributed by atoms with Crippen LogP contribution in [0.2, 0.25) is 0 Å². The number of aliphatic carboxylic acids is 1. The molecule has 0 aliphatic carbocycles. The number of nitrogens with zero attached hydrogens (tertiary/aromatic N) is 2. The van der Waals surface area contributed by atoms with Gasteiger partial charge >= 0.3 is 5.97 Å². The number of pyridine rings is 1. The highest BCUT2D eigenvalue weighted by Gasteiger charge is 2.21. The fraction of sp³-hybridized carbons (Fsp3) is 0.100. The SMILES string of the molecule is N#Cc1nc(C(=O)NC[C@H](O)C(=O)O)c(O)c2ccc(Oc3ccccc3)cc12. The summed E-state index contributed by atoms with van der Waals surface area (Å²) >= 11 is 0. The van der Waals surface area contributed by atoms with E-state index in [1.165, 1.54) is 12.1 Å². The molecule has 1 heterocycles. The zero-order chi connectivity index (χ0) is 21.0. The maximum Gasteiger partial charge on any atom is 0.334 e. The predicted octanol–water partition coefficient (Wildman–Crippen LogP) is 1.78. The summed E-state index contributed by atoms with van der Waals surface area (Å²) in [6, 6.07) is 15.4. The summed E-state index contributed by atoms with van der Waals surface area (Å²) in [5.74, 6) is -1.93. The molecule has 0 aliphatic rings. The summed E-state index contributed by atoms with van der Waals surface area (Å²) in [6.45, 7) is -0.584. The van der Waals surface area contributed by atoms with E-state index in [2.05, 4.69) is 10.3 Å². The normalized spacial score (nSPS) is 11.4. The molecule has 4 N–H and O–H groups in total. The molecule has 0 bridgehead atoms. The number of hydrogen-bond acceptors (Lipinski definition) is 7. The molecule has 0 spiro atoms. The quantitative estimate of drug-likeness (QED) is 0.494. The molecular weight excluding hydrogens is 378 g/mol. The standard InChI is InChI=1S/C20H15N3O6/c21-9-15-14-8-12(29-11-4-2-1-3-5-11)6-7-13(14)18(25)17(23-15)19(26)22-10-16(24)20(27)28/h1-8,16,24-25H,10H2,(H,22,26)(H,27,28)/t16-/m0/s1. The number of para-hydroxylation sites is 1. The minimum absolute atomic E-state index is 0.125. The fourth-order valence-corrected chi connectivity index (χ4v) is 2.57. The van der Waals surface area contributed by atoms with Crippen LogP contribution in [0, 0.1) is 11.3 Å². The number of aromatic nitrogens is 1. The second-order valence-electron chi connectivity index (χ2n) is 5.96. The van der Waals surface area contributed by atoms with Crippen molar-refractivity contribution in [2.45, 2.75) is 6.10 Å². The van der Waals surface area contributed by atoms with E-state index in [1.807, 2.05) is 12.1 Å². The van der Waals surface area contributed by atoms with E-state index in [0.29, 0.717) is 11.5 Å². The molecule has 29 heavy (non-hydrogen) atoms. The number of nitriles is 1. The van der Waals surface area contributed by atoms with Crippen LogP contribution in [0.15, 0.2) is 48.5 Å². The molecule has 0 unspecified atom stereocenters. The zero-order valence-electron chi connectivity index (χ0n) is 14.9. The number of aliphatic hydroxyl groups is 1. The summed E-state index contributed by atoms with van der Waals surface area (Å²) in [5, 5.41) is 40.4. The van der Waals surface area contributed by atoms with Crippen molar-refractivity contribution in [3.63, 3.8) is 0 Å². The number of nitrogens with one attached hydrogen (secondary N) is 1. The van der Waals surface area contributed by atoms with Crippen molar-refractivity contribution in [1.82, 2.24) is 10.3 Å². The Kier molecular flexibility index (Phi) is 5.57. The van der Waals surface area contributed by atoms with Gasteiger partial charge in [0.1, 0.15) is 23.3 Å². The number of amides is 1. The van der Waals surface area contributed by atoms with Crippen LogP contribution in [0.25, 0.3) is 10.8 Å². The van der Waals surface area contributed by atoms with E-state index >= 15 is 0 Å². The van der Waals surface area contributed by atoms with Gasteiger partial charge < -0.3 is 25.4 Å². The highest BCUT2D eigenvalue weighted by molar-refractivity contribution is 6.03. The van der Waals surface area contributed by atoms with Crippen LogP contribution in [0.3, 0.4) is 0 Å². The second kappa shape index (κ2) is 8.24. The molecule has 0 saturated heterocycles. The number of aromatic hydroxyl groups is 1. The molecule has 3 rings (SSSR count). The van der Waals surface area contributed by atoms with Gasteiger partial charge in [-0.2, -0.15) is 5.26 Å². The molecule has 9 nitrogen and oxygen atoms in total. The lowest BCUT2D eigenvalue weighted by Crippen LogP contribution is -2.36. The largest absolute Gasteiger partial charge is 0.505 e. The van der Waals surface area contributed by atoms with Crippen molar-refractivity contribution < 1.29 is 29.6 Å². The van der Waals surface area contributed by atoms with Gasteiger partial charge in [0.05, 0.1) is 6.54 Å². The van der Waals surface area contributed by atoms with Gasteiger partial charge in [-0.1, -0.05) is 18.2 Å². The third-order valence-corrected chi connectivity index (χ3v) is 3.99. The Morgan fingerprint density at radius 1 is 1.14 bits per heavy atom. The van der Waals surface area contributed by atoms with E-state index in [9.17, 15) is 25.1 Å². The Bertz CT molecular complexity index is 1120. The lowest BCUT2D eigenvalue weighted by Gasteiger charge is -2.12. The summed E-state index contributed by atoms with van der Waals surface area (Å²) in [6.07, 6.45) is -1.81.